The summed E-state index contributed by atoms with van der Waals surface area (Å²) in [6, 6.07) is 7.51. The molecule has 3 rings (SSSR count). The maximum atomic E-state index is 14.0. The van der Waals surface area contributed by atoms with Gasteiger partial charge in [-0.15, -0.1) is 0 Å². The highest BCUT2D eigenvalue weighted by molar-refractivity contribution is 5.81. The number of ether oxygens (including phenoxy) is 1. The molecule has 2 aliphatic rings. The Morgan fingerprint density at radius 1 is 1.19 bits per heavy atom. The molecule has 27 heavy (non-hydrogen) atoms. The van der Waals surface area contributed by atoms with Gasteiger partial charge >= 0.3 is 5.97 Å². The van der Waals surface area contributed by atoms with Gasteiger partial charge in [0, 0.05) is 24.5 Å². The number of hydrogen-bond donors (Lipinski definition) is 2. The fourth-order valence-corrected chi connectivity index (χ4v) is 3.87. The zero-order valence-corrected chi connectivity index (χ0v) is 16.2. The molecule has 2 saturated carbocycles. The first kappa shape index (κ1) is 19.6. The minimum atomic E-state index is -0.133. The first-order valence-corrected chi connectivity index (χ1v) is 10.1. The average molecular weight is 375 g/mol. The second-order valence-electron chi connectivity index (χ2n) is 7.38. The number of rotatable bonds is 6. The molecule has 0 heterocycles. The molecule has 0 bridgehead atoms. The molecule has 6 heteroatoms. The smallest absolute Gasteiger partial charge is 0.308 e. The van der Waals surface area contributed by atoms with Crippen molar-refractivity contribution in [1.82, 2.24) is 10.6 Å². The molecule has 0 aliphatic heterocycles. The van der Waals surface area contributed by atoms with Crippen LogP contribution in [0.15, 0.2) is 29.3 Å². The van der Waals surface area contributed by atoms with Gasteiger partial charge in [-0.05, 0) is 57.6 Å². The van der Waals surface area contributed by atoms with E-state index in [1.165, 1.54) is 6.07 Å². The second kappa shape index (κ2) is 9.20. The highest BCUT2D eigenvalue weighted by Gasteiger charge is 2.40. The molecule has 0 radical (unpaired) electrons. The lowest BCUT2D eigenvalue weighted by atomic mass is 9.86. The van der Waals surface area contributed by atoms with Gasteiger partial charge in [0.2, 0.25) is 0 Å². The third kappa shape index (κ3) is 5.21. The van der Waals surface area contributed by atoms with E-state index < -0.39 is 0 Å². The number of guanidine groups is 1. The molecular weight excluding hydrogens is 345 g/mol. The molecule has 1 aromatic rings. The van der Waals surface area contributed by atoms with E-state index in [2.05, 4.69) is 15.6 Å². The Kier molecular flexibility index (Phi) is 6.69. The normalized spacial score (nSPS) is 27.7. The summed E-state index contributed by atoms with van der Waals surface area (Å²) < 4.78 is 19.1. The molecule has 1 aromatic carbocycles. The molecule has 0 aromatic heterocycles. The molecule has 0 amide bonds. The van der Waals surface area contributed by atoms with Crippen molar-refractivity contribution in [1.29, 1.82) is 0 Å². The summed E-state index contributed by atoms with van der Waals surface area (Å²) in [7, 11) is 0. The Balaban J connectivity index is 1.49. The van der Waals surface area contributed by atoms with Crippen LogP contribution in [0.1, 0.15) is 57.4 Å². The van der Waals surface area contributed by atoms with E-state index in [-0.39, 0.29) is 29.7 Å². The zero-order chi connectivity index (χ0) is 19.2. The maximum Gasteiger partial charge on any atom is 0.308 e. The Labute approximate surface area is 160 Å². The second-order valence-corrected chi connectivity index (χ2v) is 7.38. The van der Waals surface area contributed by atoms with Crippen LogP contribution < -0.4 is 10.6 Å². The summed E-state index contributed by atoms with van der Waals surface area (Å²) in [5.74, 6) is 0.820. The predicted octanol–water partition coefficient (Wildman–Crippen LogP) is 3.36. The number of nitrogens with zero attached hydrogens (tertiary/aromatic N) is 1. The fourth-order valence-electron chi connectivity index (χ4n) is 3.87. The van der Waals surface area contributed by atoms with Crippen LogP contribution in [0.5, 0.6) is 0 Å². The van der Waals surface area contributed by atoms with Crippen molar-refractivity contribution in [3.63, 3.8) is 0 Å². The van der Waals surface area contributed by atoms with E-state index >= 15 is 0 Å². The maximum absolute atomic E-state index is 14.0. The van der Waals surface area contributed by atoms with Crippen molar-refractivity contribution in [2.24, 2.45) is 10.9 Å². The van der Waals surface area contributed by atoms with Crippen molar-refractivity contribution in [2.75, 3.05) is 13.2 Å². The lowest BCUT2D eigenvalue weighted by molar-refractivity contribution is -0.149. The molecule has 0 spiro atoms. The minimum Gasteiger partial charge on any atom is -0.466 e. The summed E-state index contributed by atoms with van der Waals surface area (Å²) >= 11 is 0. The first-order chi connectivity index (χ1) is 13.1. The summed E-state index contributed by atoms with van der Waals surface area (Å²) in [4.78, 5) is 16.4. The standard InChI is InChI=1S/C21H30FN3O2/c1-3-23-21(24-15-11-9-14(10-12-15)20(26)27-4-2)25-19-13-17(19)16-7-5-6-8-18(16)22/h5-8,14-15,17,19H,3-4,9-13H2,1-2H3,(H2,23,24,25). The van der Waals surface area contributed by atoms with Crippen LogP contribution >= 0.6 is 0 Å². The average Bonchev–Trinajstić information content (AvgIpc) is 3.42. The molecule has 2 N–H and O–H groups in total. The summed E-state index contributed by atoms with van der Waals surface area (Å²) in [6.07, 6.45) is 4.46. The van der Waals surface area contributed by atoms with Crippen LogP contribution in [0.4, 0.5) is 4.39 Å². The third-order valence-corrected chi connectivity index (χ3v) is 5.42. The van der Waals surface area contributed by atoms with Gasteiger partial charge in [0.25, 0.3) is 0 Å². The summed E-state index contributed by atoms with van der Waals surface area (Å²) in [5.41, 5.74) is 0.779. The fraction of sp³-hybridized carbons (Fsp3) is 0.619. The quantitative estimate of drug-likeness (QED) is 0.455. The lowest BCUT2D eigenvalue weighted by Gasteiger charge is -2.29. The summed E-state index contributed by atoms with van der Waals surface area (Å²) in [6.45, 7) is 4.97. The molecule has 2 fully saturated rings. The first-order valence-electron chi connectivity index (χ1n) is 10.1. The number of esters is 1. The Hall–Kier alpha value is -2.11. The van der Waals surface area contributed by atoms with E-state index in [4.69, 9.17) is 4.74 Å². The van der Waals surface area contributed by atoms with Crippen molar-refractivity contribution in [3.8, 4) is 0 Å². The molecule has 148 valence electrons. The van der Waals surface area contributed by atoms with E-state index in [9.17, 15) is 9.18 Å². The van der Waals surface area contributed by atoms with E-state index in [1.807, 2.05) is 26.0 Å². The number of halogens is 1. The van der Waals surface area contributed by atoms with Crippen LogP contribution in [0.2, 0.25) is 0 Å². The highest BCUT2D eigenvalue weighted by atomic mass is 19.1. The van der Waals surface area contributed by atoms with Crippen LogP contribution in [-0.2, 0) is 9.53 Å². The third-order valence-electron chi connectivity index (χ3n) is 5.42. The largest absolute Gasteiger partial charge is 0.466 e. The topological polar surface area (TPSA) is 62.7 Å². The van der Waals surface area contributed by atoms with Crippen molar-refractivity contribution >= 4 is 11.9 Å². The van der Waals surface area contributed by atoms with Gasteiger partial charge in [0.1, 0.15) is 5.82 Å². The van der Waals surface area contributed by atoms with E-state index in [0.717, 1.165) is 43.6 Å². The molecule has 2 unspecified atom stereocenters. The molecule has 2 aliphatic carbocycles. The van der Waals surface area contributed by atoms with Gasteiger partial charge in [-0.1, -0.05) is 18.2 Å². The molecule has 2 atom stereocenters. The lowest BCUT2D eigenvalue weighted by Crippen LogP contribution is -2.46. The van der Waals surface area contributed by atoms with Crippen molar-refractivity contribution in [2.45, 2.75) is 64.0 Å². The Morgan fingerprint density at radius 2 is 1.93 bits per heavy atom. The SMILES string of the molecule is CCN=C(NC1CCC(C(=O)OCC)CC1)NC1CC1c1ccccc1F. The van der Waals surface area contributed by atoms with Crippen molar-refractivity contribution in [3.05, 3.63) is 35.6 Å². The van der Waals surface area contributed by atoms with Gasteiger partial charge in [-0.3, -0.25) is 9.79 Å². The number of nitrogens with one attached hydrogen (secondary N) is 2. The predicted molar refractivity (Wildman–Crippen MR) is 104 cm³/mol. The van der Waals surface area contributed by atoms with Crippen LogP contribution in [0.25, 0.3) is 0 Å². The van der Waals surface area contributed by atoms with Gasteiger partial charge in [0.05, 0.1) is 12.5 Å². The van der Waals surface area contributed by atoms with Gasteiger partial charge in [-0.25, -0.2) is 4.39 Å². The number of hydrogen-bond acceptors (Lipinski definition) is 3. The van der Waals surface area contributed by atoms with Crippen LogP contribution in [-0.4, -0.2) is 37.2 Å². The number of carbonyl (C=O) groups is 1. The summed E-state index contributed by atoms with van der Waals surface area (Å²) in [5, 5.41) is 6.95. The van der Waals surface area contributed by atoms with Gasteiger partial charge in [0.15, 0.2) is 5.96 Å². The number of aliphatic imine (C=N–C) groups is 1. The number of carbonyl (C=O) groups excluding carboxylic acids is 1. The zero-order valence-electron chi connectivity index (χ0n) is 16.2. The molecular formula is C21H30FN3O2. The Morgan fingerprint density at radius 3 is 2.59 bits per heavy atom. The monoisotopic (exact) mass is 375 g/mol. The van der Waals surface area contributed by atoms with Crippen LogP contribution in [0.3, 0.4) is 0 Å². The number of benzene rings is 1. The van der Waals surface area contributed by atoms with E-state index in [0.29, 0.717) is 19.2 Å². The van der Waals surface area contributed by atoms with Crippen LogP contribution in [0, 0.1) is 11.7 Å². The van der Waals surface area contributed by atoms with Crippen molar-refractivity contribution < 1.29 is 13.9 Å². The Bertz CT molecular complexity index is 671. The molecule has 0 saturated heterocycles. The van der Waals surface area contributed by atoms with Gasteiger partial charge in [-0.2, -0.15) is 0 Å². The minimum absolute atomic E-state index is 0.0244. The van der Waals surface area contributed by atoms with E-state index in [1.54, 1.807) is 6.07 Å². The highest BCUT2D eigenvalue weighted by Crippen LogP contribution is 2.41. The van der Waals surface area contributed by atoms with Gasteiger partial charge < -0.3 is 15.4 Å². The molecule has 5 nitrogen and oxygen atoms in total.